The van der Waals surface area contributed by atoms with Crippen LogP contribution in [-0.4, -0.2) is 5.16 Å². The number of hydrogen-bond acceptors (Lipinski definition) is 2. The van der Waals surface area contributed by atoms with Crippen molar-refractivity contribution < 1.29 is 4.52 Å². The van der Waals surface area contributed by atoms with E-state index in [-0.39, 0.29) is 0 Å². The molecule has 1 heterocycles. The zero-order valence-electron chi connectivity index (χ0n) is 6.72. The lowest BCUT2D eigenvalue weighted by atomic mass is 10.2. The molecule has 1 aromatic heterocycles. The summed E-state index contributed by atoms with van der Waals surface area (Å²) in [5, 5.41) is 4.12. The summed E-state index contributed by atoms with van der Waals surface area (Å²) in [6.45, 7) is 0. The predicted octanol–water partition coefficient (Wildman–Crippen LogP) is 3.19. The van der Waals surface area contributed by atoms with E-state index in [0.717, 1.165) is 15.9 Å². The summed E-state index contributed by atoms with van der Waals surface area (Å²) in [6.07, 6.45) is 5.13. The number of rotatable bonds is 2. The standard InChI is InChI=1S/C9H10BrNO/c10-7-8(5-1-2-5)11-12-9(7)6-3-4-6/h5-6H,1-4H2. The van der Waals surface area contributed by atoms with Crippen LogP contribution in [0.1, 0.15) is 49.0 Å². The highest BCUT2D eigenvalue weighted by molar-refractivity contribution is 9.10. The van der Waals surface area contributed by atoms with Gasteiger partial charge in [0, 0.05) is 11.8 Å². The molecule has 0 unspecified atom stereocenters. The quantitative estimate of drug-likeness (QED) is 0.776. The summed E-state index contributed by atoms with van der Waals surface area (Å²) in [6, 6.07) is 0. The fourth-order valence-corrected chi connectivity index (χ4v) is 2.31. The van der Waals surface area contributed by atoms with Crippen molar-refractivity contribution in [2.45, 2.75) is 37.5 Å². The zero-order valence-corrected chi connectivity index (χ0v) is 8.30. The molecule has 0 amide bonds. The first kappa shape index (κ1) is 7.13. The third-order valence-electron chi connectivity index (χ3n) is 2.60. The van der Waals surface area contributed by atoms with Gasteiger partial charge in [0.05, 0.1) is 4.47 Å². The molecule has 0 bridgehead atoms. The third kappa shape index (κ3) is 1.03. The van der Waals surface area contributed by atoms with Crippen LogP contribution in [0.4, 0.5) is 0 Å². The first-order chi connectivity index (χ1) is 5.86. The third-order valence-corrected chi connectivity index (χ3v) is 3.39. The highest BCUT2D eigenvalue weighted by atomic mass is 79.9. The number of nitrogens with zero attached hydrogens (tertiary/aromatic N) is 1. The van der Waals surface area contributed by atoms with Gasteiger partial charge >= 0.3 is 0 Å². The van der Waals surface area contributed by atoms with E-state index in [1.54, 1.807) is 0 Å². The van der Waals surface area contributed by atoms with Crippen molar-refractivity contribution in [1.29, 1.82) is 0 Å². The summed E-state index contributed by atoms with van der Waals surface area (Å²) < 4.78 is 6.48. The Bertz CT molecular complexity index is 283. The molecule has 64 valence electrons. The van der Waals surface area contributed by atoms with Gasteiger partial charge in [-0.15, -0.1) is 0 Å². The first-order valence-electron chi connectivity index (χ1n) is 4.51. The normalized spacial score (nSPS) is 23.1. The second-order valence-corrected chi connectivity index (χ2v) is 4.59. The first-order valence-corrected chi connectivity index (χ1v) is 5.30. The van der Waals surface area contributed by atoms with E-state index in [9.17, 15) is 0 Å². The van der Waals surface area contributed by atoms with Crippen LogP contribution in [0.2, 0.25) is 0 Å². The fourth-order valence-electron chi connectivity index (χ4n) is 1.51. The van der Waals surface area contributed by atoms with E-state index < -0.39 is 0 Å². The van der Waals surface area contributed by atoms with E-state index in [4.69, 9.17) is 4.52 Å². The van der Waals surface area contributed by atoms with Gasteiger partial charge < -0.3 is 4.52 Å². The van der Waals surface area contributed by atoms with Crippen LogP contribution in [0, 0.1) is 0 Å². The van der Waals surface area contributed by atoms with Gasteiger partial charge in [0.2, 0.25) is 0 Å². The van der Waals surface area contributed by atoms with E-state index in [1.807, 2.05) is 0 Å². The molecular formula is C9H10BrNO. The lowest BCUT2D eigenvalue weighted by Crippen LogP contribution is -1.79. The zero-order chi connectivity index (χ0) is 8.13. The predicted molar refractivity (Wildman–Crippen MR) is 48.2 cm³/mol. The molecule has 12 heavy (non-hydrogen) atoms. The highest BCUT2D eigenvalue weighted by Gasteiger charge is 2.36. The van der Waals surface area contributed by atoms with Crippen molar-refractivity contribution in [1.82, 2.24) is 5.16 Å². The average molecular weight is 228 g/mol. The van der Waals surface area contributed by atoms with Crippen LogP contribution >= 0.6 is 15.9 Å². The Balaban J connectivity index is 1.98. The molecule has 0 atom stereocenters. The van der Waals surface area contributed by atoms with Gasteiger partial charge in [-0.2, -0.15) is 0 Å². The van der Waals surface area contributed by atoms with Crippen LogP contribution in [-0.2, 0) is 0 Å². The summed E-state index contributed by atoms with van der Waals surface area (Å²) >= 11 is 3.58. The van der Waals surface area contributed by atoms with Gasteiger partial charge in [-0.05, 0) is 41.6 Å². The Morgan fingerprint density at radius 1 is 1.17 bits per heavy atom. The lowest BCUT2D eigenvalue weighted by Gasteiger charge is -1.90. The Labute approximate surface area is 79.4 Å². The van der Waals surface area contributed by atoms with Crippen LogP contribution < -0.4 is 0 Å². The van der Waals surface area contributed by atoms with Crippen LogP contribution in [0.5, 0.6) is 0 Å². The van der Waals surface area contributed by atoms with Crippen molar-refractivity contribution in [2.75, 3.05) is 0 Å². The molecule has 0 spiro atoms. The monoisotopic (exact) mass is 227 g/mol. The largest absolute Gasteiger partial charge is 0.360 e. The number of halogens is 1. The van der Waals surface area contributed by atoms with Crippen molar-refractivity contribution in [2.24, 2.45) is 0 Å². The van der Waals surface area contributed by atoms with Gasteiger partial charge in [-0.3, -0.25) is 0 Å². The van der Waals surface area contributed by atoms with Crippen LogP contribution in [0.3, 0.4) is 0 Å². The maximum absolute atomic E-state index is 5.32. The molecular weight excluding hydrogens is 218 g/mol. The highest BCUT2D eigenvalue weighted by Crippen LogP contribution is 2.49. The Kier molecular flexibility index (Phi) is 1.39. The molecule has 0 saturated heterocycles. The summed E-state index contributed by atoms with van der Waals surface area (Å²) in [7, 11) is 0. The smallest absolute Gasteiger partial charge is 0.154 e. The maximum atomic E-state index is 5.32. The Morgan fingerprint density at radius 2 is 1.83 bits per heavy atom. The van der Waals surface area contributed by atoms with Gasteiger partial charge in [0.1, 0.15) is 5.69 Å². The molecule has 0 N–H and O–H groups in total. The second-order valence-electron chi connectivity index (χ2n) is 3.79. The lowest BCUT2D eigenvalue weighted by molar-refractivity contribution is 0.377. The van der Waals surface area contributed by atoms with Gasteiger partial charge in [-0.25, -0.2) is 0 Å². The van der Waals surface area contributed by atoms with Crippen molar-refractivity contribution in [3.8, 4) is 0 Å². The van der Waals surface area contributed by atoms with Crippen molar-refractivity contribution in [3.05, 3.63) is 15.9 Å². The molecule has 2 fully saturated rings. The maximum Gasteiger partial charge on any atom is 0.154 e. The van der Waals surface area contributed by atoms with Crippen molar-refractivity contribution in [3.63, 3.8) is 0 Å². The van der Waals surface area contributed by atoms with E-state index in [0.29, 0.717) is 11.8 Å². The fraction of sp³-hybridized carbons (Fsp3) is 0.667. The van der Waals surface area contributed by atoms with Crippen LogP contribution in [0.25, 0.3) is 0 Å². The molecule has 0 aromatic carbocycles. The van der Waals surface area contributed by atoms with Crippen LogP contribution in [0.15, 0.2) is 9.00 Å². The molecule has 2 aliphatic carbocycles. The minimum atomic E-state index is 0.666. The second kappa shape index (κ2) is 2.34. The van der Waals surface area contributed by atoms with Gasteiger partial charge in [-0.1, -0.05) is 5.16 Å². The van der Waals surface area contributed by atoms with E-state index in [2.05, 4.69) is 21.1 Å². The molecule has 2 nitrogen and oxygen atoms in total. The molecule has 2 saturated carbocycles. The molecule has 2 aliphatic rings. The van der Waals surface area contributed by atoms with Gasteiger partial charge in [0.25, 0.3) is 0 Å². The molecule has 1 aromatic rings. The van der Waals surface area contributed by atoms with E-state index >= 15 is 0 Å². The molecule has 0 aliphatic heterocycles. The summed E-state index contributed by atoms with van der Waals surface area (Å²) in [5.74, 6) is 2.45. The average Bonchev–Trinajstić information content (AvgIpc) is 2.94. The molecule has 0 radical (unpaired) electrons. The van der Waals surface area contributed by atoms with E-state index in [1.165, 1.54) is 25.7 Å². The SMILES string of the molecule is Brc1c(C2CC2)noc1C1CC1. The van der Waals surface area contributed by atoms with Gasteiger partial charge in [0.15, 0.2) is 5.76 Å². The number of hydrogen-bond donors (Lipinski definition) is 0. The molecule has 3 rings (SSSR count). The summed E-state index contributed by atoms with van der Waals surface area (Å²) in [4.78, 5) is 0. The topological polar surface area (TPSA) is 26.0 Å². The molecule has 3 heteroatoms. The Hall–Kier alpha value is -0.310. The Morgan fingerprint density at radius 3 is 2.42 bits per heavy atom. The minimum absolute atomic E-state index is 0.666. The van der Waals surface area contributed by atoms with Crippen molar-refractivity contribution >= 4 is 15.9 Å². The minimum Gasteiger partial charge on any atom is -0.360 e. The summed E-state index contributed by atoms with van der Waals surface area (Å²) in [5.41, 5.74) is 1.16. The number of aromatic nitrogens is 1.